The zero-order valence-electron chi connectivity index (χ0n) is 8.77. The largest absolute Gasteiger partial charge is 0.496 e. The number of para-hydroxylation sites is 1. The molecule has 78 valence electrons. The minimum atomic E-state index is 0.496. The molecule has 0 saturated heterocycles. The average molecular weight is 203 g/mol. The second-order valence-corrected chi connectivity index (χ2v) is 3.30. The van der Waals surface area contributed by atoms with Crippen molar-refractivity contribution in [3.05, 3.63) is 30.5 Å². The number of hydrogen-bond donors (Lipinski definition) is 1. The van der Waals surface area contributed by atoms with E-state index >= 15 is 0 Å². The Morgan fingerprint density at radius 3 is 2.67 bits per heavy atom. The van der Waals surface area contributed by atoms with Crippen molar-refractivity contribution in [2.75, 3.05) is 12.8 Å². The fourth-order valence-electron chi connectivity index (χ4n) is 1.47. The first kappa shape index (κ1) is 9.58. The molecule has 1 aromatic carbocycles. The Hall–Kier alpha value is -1.97. The van der Waals surface area contributed by atoms with Crippen molar-refractivity contribution < 1.29 is 4.74 Å². The first-order valence-electron chi connectivity index (χ1n) is 4.64. The minimum absolute atomic E-state index is 0.496. The van der Waals surface area contributed by atoms with Crippen molar-refractivity contribution in [3.8, 4) is 17.0 Å². The molecule has 0 spiro atoms. The number of rotatable bonds is 2. The Labute approximate surface area is 88.3 Å². The molecule has 0 aliphatic carbocycles. The number of ether oxygens (including phenoxy) is 1. The molecule has 0 aliphatic rings. The van der Waals surface area contributed by atoms with Crippen LogP contribution in [0.25, 0.3) is 11.3 Å². The number of imidazole rings is 1. The van der Waals surface area contributed by atoms with Crippen LogP contribution < -0.4 is 10.5 Å². The van der Waals surface area contributed by atoms with Crippen molar-refractivity contribution in [2.24, 2.45) is 7.05 Å². The van der Waals surface area contributed by atoms with Gasteiger partial charge in [-0.1, -0.05) is 12.1 Å². The fourth-order valence-corrected chi connectivity index (χ4v) is 1.47. The lowest BCUT2D eigenvalue weighted by Gasteiger charge is -2.04. The molecule has 1 aromatic heterocycles. The summed E-state index contributed by atoms with van der Waals surface area (Å²) < 4.78 is 7.04. The van der Waals surface area contributed by atoms with E-state index in [0.29, 0.717) is 5.95 Å². The van der Waals surface area contributed by atoms with Crippen molar-refractivity contribution in [3.63, 3.8) is 0 Å². The van der Waals surface area contributed by atoms with E-state index in [2.05, 4.69) is 4.98 Å². The molecular formula is C11H13N3O. The number of benzene rings is 1. The fraction of sp³-hybridized carbons (Fsp3) is 0.182. The Morgan fingerprint density at radius 2 is 2.07 bits per heavy atom. The van der Waals surface area contributed by atoms with Gasteiger partial charge >= 0.3 is 0 Å². The molecule has 0 aliphatic heterocycles. The minimum Gasteiger partial charge on any atom is -0.496 e. The molecule has 0 radical (unpaired) electrons. The van der Waals surface area contributed by atoms with Crippen molar-refractivity contribution in [2.45, 2.75) is 0 Å². The lowest BCUT2D eigenvalue weighted by Crippen LogP contribution is -1.94. The summed E-state index contributed by atoms with van der Waals surface area (Å²) in [4.78, 5) is 4.25. The highest BCUT2D eigenvalue weighted by Gasteiger charge is 2.08. The third kappa shape index (κ3) is 1.66. The van der Waals surface area contributed by atoms with Gasteiger partial charge < -0.3 is 15.0 Å². The molecule has 2 rings (SSSR count). The van der Waals surface area contributed by atoms with Crippen LogP contribution in [0.15, 0.2) is 30.5 Å². The molecule has 1 heterocycles. The third-order valence-corrected chi connectivity index (χ3v) is 2.30. The van der Waals surface area contributed by atoms with E-state index in [1.165, 1.54) is 0 Å². The summed E-state index contributed by atoms with van der Waals surface area (Å²) in [6.07, 6.45) is 1.88. The molecule has 0 unspecified atom stereocenters. The van der Waals surface area contributed by atoms with E-state index in [4.69, 9.17) is 10.5 Å². The van der Waals surface area contributed by atoms with Gasteiger partial charge in [-0.15, -0.1) is 0 Å². The summed E-state index contributed by atoms with van der Waals surface area (Å²) in [5.74, 6) is 1.30. The molecular weight excluding hydrogens is 190 g/mol. The van der Waals surface area contributed by atoms with Crippen LogP contribution in [0.1, 0.15) is 0 Å². The molecule has 0 bridgehead atoms. The molecule has 0 atom stereocenters. The summed E-state index contributed by atoms with van der Waals surface area (Å²) in [6, 6.07) is 7.73. The second-order valence-electron chi connectivity index (χ2n) is 3.30. The third-order valence-electron chi connectivity index (χ3n) is 2.30. The van der Waals surface area contributed by atoms with Crippen LogP contribution in [0.3, 0.4) is 0 Å². The van der Waals surface area contributed by atoms with Gasteiger partial charge in [0.25, 0.3) is 0 Å². The van der Waals surface area contributed by atoms with Gasteiger partial charge in [0.2, 0.25) is 0 Å². The number of methoxy groups -OCH3 is 1. The van der Waals surface area contributed by atoms with Crippen LogP contribution in [0, 0.1) is 0 Å². The molecule has 4 heteroatoms. The van der Waals surface area contributed by atoms with Crippen LogP contribution in [0.2, 0.25) is 0 Å². The number of aryl methyl sites for hydroxylation is 1. The first-order chi connectivity index (χ1) is 7.22. The molecule has 15 heavy (non-hydrogen) atoms. The number of hydrogen-bond acceptors (Lipinski definition) is 3. The van der Waals surface area contributed by atoms with E-state index < -0.39 is 0 Å². The number of aromatic nitrogens is 2. The zero-order chi connectivity index (χ0) is 10.8. The monoisotopic (exact) mass is 203 g/mol. The summed E-state index contributed by atoms with van der Waals surface area (Å²) in [6.45, 7) is 0. The topological polar surface area (TPSA) is 53.1 Å². The first-order valence-corrected chi connectivity index (χ1v) is 4.64. The highest BCUT2D eigenvalue weighted by atomic mass is 16.5. The Kier molecular flexibility index (Phi) is 2.33. The average Bonchev–Trinajstić information content (AvgIpc) is 2.59. The van der Waals surface area contributed by atoms with E-state index in [9.17, 15) is 0 Å². The predicted octanol–water partition coefficient (Wildman–Crippen LogP) is 1.68. The predicted molar refractivity (Wildman–Crippen MR) is 59.6 cm³/mol. The Bertz CT molecular complexity index is 457. The van der Waals surface area contributed by atoms with Gasteiger partial charge in [-0.05, 0) is 12.1 Å². The van der Waals surface area contributed by atoms with E-state index in [1.807, 2.05) is 37.5 Å². The maximum atomic E-state index is 5.68. The summed E-state index contributed by atoms with van der Waals surface area (Å²) >= 11 is 0. The standard InChI is InChI=1S/C11H13N3O/c1-14-7-9(13-11(14)12)8-5-3-4-6-10(8)15-2/h3-7H,1-2H3,(H2,12,13). The van der Waals surface area contributed by atoms with Crippen LogP contribution >= 0.6 is 0 Å². The van der Waals surface area contributed by atoms with Gasteiger partial charge in [-0.2, -0.15) is 0 Å². The quantitative estimate of drug-likeness (QED) is 0.807. The van der Waals surface area contributed by atoms with Crippen molar-refractivity contribution >= 4 is 5.95 Å². The van der Waals surface area contributed by atoms with Gasteiger partial charge in [0.1, 0.15) is 5.75 Å². The maximum Gasteiger partial charge on any atom is 0.200 e. The highest BCUT2D eigenvalue weighted by Crippen LogP contribution is 2.28. The number of nitrogen functional groups attached to an aromatic ring is 1. The Morgan fingerprint density at radius 1 is 1.33 bits per heavy atom. The van der Waals surface area contributed by atoms with Gasteiger partial charge in [0.05, 0.1) is 12.8 Å². The molecule has 0 fully saturated rings. The summed E-state index contributed by atoms with van der Waals surface area (Å²) in [7, 11) is 3.51. The highest BCUT2D eigenvalue weighted by molar-refractivity contribution is 5.67. The number of nitrogens with two attached hydrogens (primary N) is 1. The van der Waals surface area contributed by atoms with Crippen LogP contribution in [0.4, 0.5) is 5.95 Å². The van der Waals surface area contributed by atoms with Gasteiger partial charge in [0, 0.05) is 18.8 Å². The lowest BCUT2D eigenvalue weighted by atomic mass is 10.1. The summed E-state index contributed by atoms with van der Waals surface area (Å²) in [5, 5.41) is 0. The normalized spacial score (nSPS) is 10.3. The maximum absolute atomic E-state index is 5.68. The van der Waals surface area contributed by atoms with Crippen LogP contribution in [-0.2, 0) is 7.05 Å². The summed E-state index contributed by atoms with van der Waals surface area (Å²) in [5.41, 5.74) is 7.46. The molecule has 2 N–H and O–H groups in total. The number of anilines is 1. The number of nitrogens with zero attached hydrogens (tertiary/aromatic N) is 2. The van der Waals surface area contributed by atoms with E-state index in [1.54, 1.807) is 11.7 Å². The molecule has 0 amide bonds. The molecule has 4 nitrogen and oxygen atoms in total. The molecule has 0 saturated carbocycles. The van der Waals surface area contributed by atoms with Crippen molar-refractivity contribution in [1.82, 2.24) is 9.55 Å². The van der Waals surface area contributed by atoms with Crippen molar-refractivity contribution in [1.29, 1.82) is 0 Å². The lowest BCUT2D eigenvalue weighted by molar-refractivity contribution is 0.416. The van der Waals surface area contributed by atoms with Gasteiger partial charge in [-0.25, -0.2) is 4.98 Å². The second kappa shape index (κ2) is 3.65. The van der Waals surface area contributed by atoms with E-state index in [0.717, 1.165) is 17.0 Å². The smallest absolute Gasteiger partial charge is 0.200 e. The van der Waals surface area contributed by atoms with Crippen LogP contribution in [-0.4, -0.2) is 16.7 Å². The zero-order valence-corrected chi connectivity index (χ0v) is 8.77. The van der Waals surface area contributed by atoms with E-state index in [-0.39, 0.29) is 0 Å². The SMILES string of the molecule is COc1ccccc1-c1cn(C)c(N)n1. The van der Waals surface area contributed by atoms with Gasteiger partial charge in [0.15, 0.2) is 5.95 Å². The Balaban J connectivity index is 2.53. The molecule has 2 aromatic rings. The van der Waals surface area contributed by atoms with Crippen LogP contribution in [0.5, 0.6) is 5.75 Å². The van der Waals surface area contributed by atoms with Gasteiger partial charge in [-0.3, -0.25) is 0 Å².